The molecule has 1 aliphatic rings. The van der Waals surface area contributed by atoms with E-state index in [2.05, 4.69) is 10.0 Å². The van der Waals surface area contributed by atoms with Crippen LogP contribution >= 0.6 is 11.8 Å². The molecular formula is C18H20N2O3S2. The van der Waals surface area contributed by atoms with Gasteiger partial charge in [0.15, 0.2) is 0 Å². The van der Waals surface area contributed by atoms with E-state index in [1.165, 1.54) is 23.9 Å². The van der Waals surface area contributed by atoms with Gasteiger partial charge < -0.3 is 5.32 Å². The summed E-state index contributed by atoms with van der Waals surface area (Å²) in [6, 6.07) is 14.3. The summed E-state index contributed by atoms with van der Waals surface area (Å²) in [5.41, 5.74) is 1.61. The molecule has 0 heterocycles. The molecule has 132 valence electrons. The van der Waals surface area contributed by atoms with Gasteiger partial charge in [0.2, 0.25) is 15.9 Å². The van der Waals surface area contributed by atoms with E-state index in [0.717, 1.165) is 23.3 Å². The Kier molecular flexibility index (Phi) is 5.46. The predicted octanol–water partition coefficient (Wildman–Crippen LogP) is 3.17. The van der Waals surface area contributed by atoms with Crippen LogP contribution in [0, 0.1) is 6.92 Å². The maximum atomic E-state index is 12.2. The Balaban J connectivity index is 1.61. The number of aryl methyl sites for hydroxylation is 1. The van der Waals surface area contributed by atoms with Crippen molar-refractivity contribution in [3.05, 3.63) is 54.1 Å². The summed E-state index contributed by atoms with van der Waals surface area (Å²) < 4.78 is 27.1. The molecule has 1 aliphatic carbocycles. The van der Waals surface area contributed by atoms with Gasteiger partial charge in [0.05, 0.1) is 10.6 Å². The Bertz CT molecular complexity index is 877. The summed E-state index contributed by atoms with van der Waals surface area (Å²) in [4.78, 5) is 13.4. The molecule has 2 aromatic rings. The monoisotopic (exact) mass is 376 g/mol. The SMILES string of the molecule is Cc1ccccc1SCC(=O)Nc1cccc(S(=O)(=O)NC2CC2)c1. The first-order chi connectivity index (χ1) is 11.9. The number of rotatable bonds is 7. The van der Waals surface area contributed by atoms with Crippen LogP contribution in [0.25, 0.3) is 0 Å². The smallest absolute Gasteiger partial charge is 0.240 e. The van der Waals surface area contributed by atoms with Crippen LogP contribution in [0.3, 0.4) is 0 Å². The maximum absolute atomic E-state index is 12.2. The standard InChI is InChI=1S/C18H20N2O3S2/c1-13-5-2-3-8-17(13)24-12-18(21)19-15-6-4-7-16(11-15)25(22,23)20-14-9-10-14/h2-8,11,14,20H,9-10,12H2,1H3,(H,19,21). The second-order valence-electron chi connectivity index (χ2n) is 6.03. The van der Waals surface area contributed by atoms with Crippen LogP contribution in [0.2, 0.25) is 0 Å². The fourth-order valence-corrected chi connectivity index (χ4v) is 4.47. The Morgan fingerprint density at radius 2 is 1.92 bits per heavy atom. The van der Waals surface area contributed by atoms with Crippen LogP contribution < -0.4 is 10.0 Å². The first-order valence-electron chi connectivity index (χ1n) is 8.05. The molecule has 1 saturated carbocycles. The molecule has 2 aromatic carbocycles. The van der Waals surface area contributed by atoms with Gasteiger partial charge in [-0.1, -0.05) is 24.3 Å². The molecule has 3 rings (SSSR count). The summed E-state index contributed by atoms with van der Waals surface area (Å²) in [7, 11) is -3.52. The second kappa shape index (κ2) is 7.59. The van der Waals surface area contributed by atoms with E-state index in [0.29, 0.717) is 5.69 Å². The first kappa shape index (κ1) is 18.0. The minimum Gasteiger partial charge on any atom is -0.325 e. The maximum Gasteiger partial charge on any atom is 0.240 e. The zero-order chi connectivity index (χ0) is 17.9. The van der Waals surface area contributed by atoms with Crippen molar-refractivity contribution >= 4 is 33.4 Å². The van der Waals surface area contributed by atoms with E-state index in [4.69, 9.17) is 0 Å². The van der Waals surface area contributed by atoms with E-state index >= 15 is 0 Å². The van der Waals surface area contributed by atoms with Crippen LogP contribution in [0.1, 0.15) is 18.4 Å². The van der Waals surface area contributed by atoms with Crippen LogP contribution in [-0.4, -0.2) is 26.1 Å². The van der Waals surface area contributed by atoms with Gasteiger partial charge in [0.25, 0.3) is 0 Å². The van der Waals surface area contributed by atoms with Gasteiger partial charge in [-0.15, -0.1) is 11.8 Å². The molecule has 2 N–H and O–H groups in total. The van der Waals surface area contributed by atoms with Crippen molar-refractivity contribution in [2.45, 2.75) is 35.6 Å². The molecule has 1 amide bonds. The summed E-state index contributed by atoms with van der Waals surface area (Å²) in [5.74, 6) is 0.0975. The van der Waals surface area contributed by atoms with Gasteiger partial charge in [0, 0.05) is 16.6 Å². The fourth-order valence-electron chi connectivity index (χ4n) is 2.29. The largest absolute Gasteiger partial charge is 0.325 e. The average molecular weight is 377 g/mol. The zero-order valence-corrected chi connectivity index (χ0v) is 15.5. The number of benzene rings is 2. The lowest BCUT2D eigenvalue weighted by Gasteiger charge is -2.09. The number of anilines is 1. The highest BCUT2D eigenvalue weighted by Crippen LogP contribution is 2.24. The fraction of sp³-hybridized carbons (Fsp3) is 0.278. The molecule has 0 spiro atoms. The topological polar surface area (TPSA) is 75.3 Å². The predicted molar refractivity (Wildman–Crippen MR) is 100 cm³/mol. The normalized spacial score (nSPS) is 14.3. The van der Waals surface area contributed by atoms with Crippen LogP contribution in [-0.2, 0) is 14.8 Å². The molecule has 5 nitrogen and oxygen atoms in total. The highest BCUT2D eigenvalue weighted by atomic mass is 32.2. The number of thioether (sulfide) groups is 1. The summed E-state index contributed by atoms with van der Waals surface area (Å²) in [5, 5.41) is 2.76. The third kappa shape index (κ3) is 5.07. The van der Waals surface area contributed by atoms with Gasteiger partial charge >= 0.3 is 0 Å². The molecule has 0 bridgehead atoms. The summed E-state index contributed by atoms with van der Waals surface area (Å²) >= 11 is 1.46. The molecule has 0 aliphatic heterocycles. The number of sulfonamides is 1. The van der Waals surface area contributed by atoms with Crippen molar-refractivity contribution in [1.29, 1.82) is 0 Å². The van der Waals surface area contributed by atoms with Gasteiger partial charge in [-0.05, 0) is 49.6 Å². The number of hydrogen-bond donors (Lipinski definition) is 2. The summed E-state index contributed by atoms with van der Waals surface area (Å²) in [6.45, 7) is 2.00. The highest BCUT2D eigenvalue weighted by molar-refractivity contribution is 8.00. The van der Waals surface area contributed by atoms with Gasteiger partial charge in [-0.25, -0.2) is 13.1 Å². The number of carbonyl (C=O) groups is 1. The first-order valence-corrected chi connectivity index (χ1v) is 10.5. The molecule has 1 fully saturated rings. The molecule has 0 atom stereocenters. The van der Waals surface area contributed by atoms with Gasteiger partial charge in [0.1, 0.15) is 0 Å². The summed E-state index contributed by atoms with van der Waals surface area (Å²) in [6.07, 6.45) is 1.76. The Morgan fingerprint density at radius 1 is 1.16 bits per heavy atom. The zero-order valence-electron chi connectivity index (χ0n) is 13.9. The lowest BCUT2D eigenvalue weighted by molar-refractivity contribution is -0.113. The number of amides is 1. The molecule has 0 saturated heterocycles. The highest BCUT2D eigenvalue weighted by Gasteiger charge is 2.28. The lowest BCUT2D eigenvalue weighted by Crippen LogP contribution is -2.25. The van der Waals surface area contributed by atoms with Crippen molar-refractivity contribution < 1.29 is 13.2 Å². The Labute approximate surface area is 152 Å². The average Bonchev–Trinajstić information content (AvgIpc) is 3.38. The third-order valence-electron chi connectivity index (χ3n) is 3.78. The van der Waals surface area contributed by atoms with E-state index in [-0.39, 0.29) is 22.6 Å². The molecule has 0 aromatic heterocycles. The molecule has 0 unspecified atom stereocenters. The number of carbonyl (C=O) groups excluding carboxylic acids is 1. The van der Waals surface area contributed by atoms with E-state index < -0.39 is 10.0 Å². The van der Waals surface area contributed by atoms with E-state index in [1.54, 1.807) is 12.1 Å². The van der Waals surface area contributed by atoms with Crippen LogP contribution in [0.15, 0.2) is 58.3 Å². The molecular weight excluding hydrogens is 356 g/mol. The Morgan fingerprint density at radius 3 is 2.64 bits per heavy atom. The minimum atomic E-state index is -3.52. The van der Waals surface area contributed by atoms with Crippen LogP contribution in [0.5, 0.6) is 0 Å². The van der Waals surface area contributed by atoms with Crippen molar-refractivity contribution in [3.63, 3.8) is 0 Å². The van der Waals surface area contributed by atoms with Crippen molar-refractivity contribution in [3.8, 4) is 0 Å². The van der Waals surface area contributed by atoms with Gasteiger partial charge in [-0.2, -0.15) is 0 Å². The third-order valence-corrected chi connectivity index (χ3v) is 6.47. The van der Waals surface area contributed by atoms with Crippen molar-refractivity contribution in [2.24, 2.45) is 0 Å². The van der Waals surface area contributed by atoms with Crippen molar-refractivity contribution in [1.82, 2.24) is 4.72 Å². The number of hydrogen-bond acceptors (Lipinski definition) is 4. The molecule has 25 heavy (non-hydrogen) atoms. The minimum absolute atomic E-state index is 0.0498. The van der Waals surface area contributed by atoms with E-state index in [1.807, 2.05) is 31.2 Å². The number of nitrogens with one attached hydrogen (secondary N) is 2. The second-order valence-corrected chi connectivity index (χ2v) is 8.76. The lowest BCUT2D eigenvalue weighted by atomic mass is 10.2. The quantitative estimate of drug-likeness (QED) is 0.728. The van der Waals surface area contributed by atoms with Crippen molar-refractivity contribution in [2.75, 3.05) is 11.1 Å². The molecule has 0 radical (unpaired) electrons. The van der Waals surface area contributed by atoms with Crippen LogP contribution in [0.4, 0.5) is 5.69 Å². The van der Waals surface area contributed by atoms with E-state index in [9.17, 15) is 13.2 Å². The Hall–Kier alpha value is -1.83. The molecule has 7 heteroatoms. The van der Waals surface area contributed by atoms with Gasteiger partial charge in [-0.3, -0.25) is 4.79 Å².